The molecule has 0 bridgehead atoms. The lowest BCUT2D eigenvalue weighted by molar-refractivity contribution is -0.135. The molecule has 1 saturated heterocycles. The molecule has 0 aromatic carbocycles. The number of aryl methyl sites for hydroxylation is 3. The molecule has 2 amide bonds. The van der Waals surface area contributed by atoms with Crippen molar-refractivity contribution in [1.29, 1.82) is 0 Å². The molecule has 9 heteroatoms. The highest BCUT2D eigenvalue weighted by atomic mass is 16.5. The first-order valence-electron chi connectivity index (χ1n) is 10.3. The fourth-order valence-corrected chi connectivity index (χ4v) is 4.05. The average molecular weight is 400 g/mol. The van der Waals surface area contributed by atoms with Gasteiger partial charge in [0.1, 0.15) is 5.69 Å². The molecule has 0 atom stereocenters. The van der Waals surface area contributed by atoms with Gasteiger partial charge in [0.2, 0.25) is 5.91 Å². The second-order valence-corrected chi connectivity index (χ2v) is 7.52. The van der Waals surface area contributed by atoms with E-state index < -0.39 is 0 Å². The lowest BCUT2D eigenvalue weighted by Gasteiger charge is -2.28. The Morgan fingerprint density at radius 1 is 1.14 bits per heavy atom. The van der Waals surface area contributed by atoms with Crippen LogP contribution >= 0.6 is 0 Å². The molecule has 2 aliphatic heterocycles. The number of hydrogen-bond donors (Lipinski definition) is 0. The number of amides is 2. The molecule has 1 fully saturated rings. The van der Waals surface area contributed by atoms with E-state index in [2.05, 4.69) is 10.2 Å². The molecule has 0 spiro atoms. The van der Waals surface area contributed by atoms with Gasteiger partial charge < -0.3 is 14.5 Å². The van der Waals surface area contributed by atoms with Crippen molar-refractivity contribution in [1.82, 2.24) is 29.4 Å². The number of hydrogen-bond acceptors (Lipinski definition) is 5. The summed E-state index contributed by atoms with van der Waals surface area (Å²) in [5.74, 6) is 0.0867. The summed E-state index contributed by atoms with van der Waals surface area (Å²) in [6.07, 6.45) is 3.61. The van der Waals surface area contributed by atoms with E-state index in [0.29, 0.717) is 57.9 Å². The molecule has 4 rings (SSSR count). The monoisotopic (exact) mass is 400 g/mol. The molecule has 29 heavy (non-hydrogen) atoms. The van der Waals surface area contributed by atoms with Crippen molar-refractivity contribution in [2.45, 2.75) is 39.3 Å². The highest BCUT2D eigenvalue weighted by Crippen LogP contribution is 2.24. The van der Waals surface area contributed by atoms with Crippen LogP contribution in [0.2, 0.25) is 0 Å². The zero-order valence-electron chi connectivity index (χ0n) is 17.1. The predicted molar refractivity (Wildman–Crippen MR) is 105 cm³/mol. The molecular formula is C20H28N6O3. The van der Waals surface area contributed by atoms with Gasteiger partial charge in [-0.15, -0.1) is 0 Å². The molecule has 0 N–H and O–H groups in total. The highest BCUT2D eigenvalue weighted by molar-refractivity contribution is 5.92. The fourth-order valence-electron chi connectivity index (χ4n) is 4.05. The number of nitrogens with zero attached hydrogens (tertiary/aromatic N) is 6. The molecule has 0 radical (unpaired) electrons. The lowest BCUT2D eigenvalue weighted by atomic mass is 10.0. The van der Waals surface area contributed by atoms with Crippen LogP contribution in [0.25, 0.3) is 0 Å². The standard InChI is InChI=1S/C20H28N6O3/c1-3-26-9-6-17(22-26)20(28)25-8-7-18-15(14-25)16(21-23(18)2)4-5-19(27)24-10-12-29-13-11-24/h6,9H,3-5,7-8,10-14H2,1-2H3. The third-order valence-electron chi connectivity index (χ3n) is 5.74. The van der Waals surface area contributed by atoms with Gasteiger partial charge in [0.05, 0.1) is 18.9 Å². The molecule has 0 aliphatic carbocycles. The van der Waals surface area contributed by atoms with Crippen molar-refractivity contribution in [3.05, 3.63) is 34.9 Å². The Labute approximate surface area is 170 Å². The van der Waals surface area contributed by atoms with Gasteiger partial charge >= 0.3 is 0 Å². The van der Waals surface area contributed by atoms with Crippen molar-refractivity contribution in [3.63, 3.8) is 0 Å². The number of morpholine rings is 1. The SMILES string of the molecule is CCn1ccc(C(=O)N2CCc3c(c(CCC(=O)N4CCOCC4)nn3C)C2)n1. The van der Waals surface area contributed by atoms with E-state index in [1.165, 1.54) is 0 Å². The summed E-state index contributed by atoms with van der Waals surface area (Å²) < 4.78 is 8.98. The number of carbonyl (C=O) groups is 2. The van der Waals surface area contributed by atoms with Crippen LogP contribution in [0, 0.1) is 0 Å². The first kappa shape index (κ1) is 19.6. The molecule has 2 aliphatic rings. The lowest BCUT2D eigenvalue weighted by Crippen LogP contribution is -2.40. The van der Waals surface area contributed by atoms with E-state index in [-0.39, 0.29) is 11.8 Å². The van der Waals surface area contributed by atoms with Crippen LogP contribution in [-0.2, 0) is 42.5 Å². The molecule has 0 unspecified atom stereocenters. The van der Waals surface area contributed by atoms with Crippen LogP contribution in [0.5, 0.6) is 0 Å². The molecule has 0 saturated carbocycles. The molecule has 9 nitrogen and oxygen atoms in total. The predicted octanol–water partition coefficient (Wildman–Crippen LogP) is 0.626. The van der Waals surface area contributed by atoms with Gasteiger partial charge in [-0.25, -0.2) is 0 Å². The summed E-state index contributed by atoms with van der Waals surface area (Å²) >= 11 is 0. The van der Waals surface area contributed by atoms with E-state index in [1.807, 2.05) is 34.6 Å². The van der Waals surface area contributed by atoms with E-state index in [0.717, 1.165) is 29.9 Å². The van der Waals surface area contributed by atoms with E-state index in [1.54, 1.807) is 10.7 Å². The Balaban J connectivity index is 1.44. The van der Waals surface area contributed by atoms with Crippen LogP contribution in [0.15, 0.2) is 12.3 Å². The van der Waals surface area contributed by atoms with Crippen molar-refractivity contribution in [3.8, 4) is 0 Å². The van der Waals surface area contributed by atoms with Gasteiger partial charge in [-0.05, 0) is 13.0 Å². The largest absolute Gasteiger partial charge is 0.378 e. The van der Waals surface area contributed by atoms with E-state index >= 15 is 0 Å². The summed E-state index contributed by atoms with van der Waals surface area (Å²) in [6, 6.07) is 1.77. The first-order chi connectivity index (χ1) is 14.1. The van der Waals surface area contributed by atoms with Crippen LogP contribution in [0.4, 0.5) is 0 Å². The summed E-state index contributed by atoms with van der Waals surface area (Å²) in [4.78, 5) is 29.1. The van der Waals surface area contributed by atoms with Crippen LogP contribution in [-0.4, -0.2) is 74.0 Å². The smallest absolute Gasteiger partial charge is 0.274 e. The van der Waals surface area contributed by atoms with E-state index in [4.69, 9.17) is 4.74 Å². The zero-order valence-corrected chi connectivity index (χ0v) is 17.1. The first-order valence-corrected chi connectivity index (χ1v) is 10.3. The van der Waals surface area contributed by atoms with Gasteiger partial charge in [-0.3, -0.25) is 19.0 Å². The quantitative estimate of drug-likeness (QED) is 0.735. The second-order valence-electron chi connectivity index (χ2n) is 7.52. The molecular weight excluding hydrogens is 372 g/mol. The van der Waals surface area contributed by atoms with Crippen molar-refractivity contribution < 1.29 is 14.3 Å². The minimum Gasteiger partial charge on any atom is -0.378 e. The van der Waals surface area contributed by atoms with Crippen LogP contribution in [0.3, 0.4) is 0 Å². The average Bonchev–Trinajstić information content (AvgIpc) is 3.36. The summed E-state index contributed by atoms with van der Waals surface area (Å²) in [5.41, 5.74) is 3.63. The molecule has 156 valence electrons. The van der Waals surface area contributed by atoms with Crippen LogP contribution in [0.1, 0.15) is 40.8 Å². The van der Waals surface area contributed by atoms with Gasteiger partial charge in [0, 0.05) is 76.5 Å². The minimum absolute atomic E-state index is 0.0537. The maximum Gasteiger partial charge on any atom is 0.274 e. The number of aromatic nitrogens is 4. The minimum atomic E-state index is -0.0537. The normalized spacial score (nSPS) is 16.8. The Bertz CT molecular complexity index is 896. The molecule has 4 heterocycles. The Hall–Kier alpha value is -2.68. The topological polar surface area (TPSA) is 85.5 Å². The molecule has 2 aromatic rings. The third kappa shape index (κ3) is 4.05. The maximum atomic E-state index is 12.9. The van der Waals surface area contributed by atoms with Gasteiger partial charge in [-0.1, -0.05) is 0 Å². The number of fused-ring (bicyclic) bond motifs is 1. The van der Waals surface area contributed by atoms with E-state index in [9.17, 15) is 9.59 Å². The zero-order chi connectivity index (χ0) is 20.4. The third-order valence-corrected chi connectivity index (χ3v) is 5.74. The summed E-state index contributed by atoms with van der Waals surface area (Å²) in [6.45, 7) is 6.43. The number of rotatable bonds is 5. The number of carbonyl (C=O) groups excluding carboxylic acids is 2. The summed E-state index contributed by atoms with van der Waals surface area (Å²) in [7, 11) is 1.94. The summed E-state index contributed by atoms with van der Waals surface area (Å²) in [5, 5.41) is 9.00. The highest BCUT2D eigenvalue weighted by Gasteiger charge is 2.28. The molecule has 2 aromatic heterocycles. The van der Waals surface area contributed by atoms with Crippen molar-refractivity contribution >= 4 is 11.8 Å². The Kier molecular flexibility index (Phi) is 5.66. The van der Waals surface area contributed by atoms with Crippen molar-refractivity contribution in [2.75, 3.05) is 32.8 Å². The van der Waals surface area contributed by atoms with Gasteiger partial charge in [0.25, 0.3) is 5.91 Å². The fraction of sp³-hybridized carbons (Fsp3) is 0.600. The Morgan fingerprint density at radius 3 is 2.66 bits per heavy atom. The van der Waals surface area contributed by atoms with Gasteiger partial charge in [-0.2, -0.15) is 10.2 Å². The number of ether oxygens (including phenoxy) is 1. The van der Waals surface area contributed by atoms with Crippen molar-refractivity contribution in [2.24, 2.45) is 7.05 Å². The van der Waals surface area contributed by atoms with Gasteiger partial charge in [0.15, 0.2) is 0 Å². The Morgan fingerprint density at radius 2 is 1.93 bits per heavy atom. The second kappa shape index (κ2) is 8.36. The maximum absolute atomic E-state index is 12.9. The van der Waals surface area contributed by atoms with Crippen LogP contribution < -0.4 is 0 Å².